The molecule has 0 spiro atoms. The van der Waals surface area contributed by atoms with E-state index in [1.54, 1.807) is 31.0 Å². The van der Waals surface area contributed by atoms with Gasteiger partial charge in [0.1, 0.15) is 5.75 Å². The smallest absolute Gasteiger partial charge is 0.187 e. The Labute approximate surface area is 155 Å². The number of aromatic nitrogens is 3. The molecule has 26 heavy (non-hydrogen) atoms. The Hall–Kier alpha value is -3.12. The molecule has 0 radical (unpaired) electrons. The van der Waals surface area contributed by atoms with Crippen molar-refractivity contribution in [3.63, 3.8) is 0 Å². The Bertz CT molecular complexity index is 1010. The van der Waals surface area contributed by atoms with Crippen LogP contribution in [0.3, 0.4) is 0 Å². The summed E-state index contributed by atoms with van der Waals surface area (Å²) in [6.07, 6.45) is 7.39. The van der Waals surface area contributed by atoms with Gasteiger partial charge in [-0.1, -0.05) is 29.5 Å². The van der Waals surface area contributed by atoms with Crippen molar-refractivity contribution in [2.24, 2.45) is 0 Å². The number of hydrogen-bond acceptors (Lipinski definition) is 5. The van der Waals surface area contributed by atoms with Crippen LogP contribution < -0.4 is 10.1 Å². The molecule has 0 bridgehead atoms. The van der Waals surface area contributed by atoms with E-state index in [0.717, 1.165) is 38.3 Å². The lowest BCUT2D eigenvalue weighted by Gasteiger charge is -2.08. The largest absolute Gasteiger partial charge is 0.497 e. The maximum absolute atomic E-state index is 5.30. The SMILES string of the molecule is COc1ccc(C)c(Nc2ncc(-c3ccc(-n4ccnc4)cc3)s2)c1. The molecular formula is C20H18N4OS. The van der Waals surface area contributed by atoms with E-state index in [9.17, 15) is 0 Å². The molecule has 2 heterocycles. The van der Waals surface area contributed by atoms with Gasteiger partial charge in [-0.3, -0.25) is 0 Å². The van der Waals surface area contributed by atoms with Crippen LogP contribution in [0.2, 0.25) is 0 Å². The molecule has 0 aliphatic carbocycles. The predicted molar refractivity (Wildman–Crippen MR) is 106 cm³/mol. The number of aryl methyl sites for hydroxylation is 1. The van der Waals surface area contributed by atoms with Crippen LogP contribution in [0.5, 0.6) is 5.75 Å². The highest BCUT2D eigenvalue weighted by Gasteiger charge is 2.07. The average molecular weight is 362 g/mol. The van der Waals surface area contributed by atoms with Gasteiger partial charge in [0.25, 0.3) is 0 Å². The average Bonchev–Trinajstić information content (AvgIpc) is 3.36. The minimum atomic E-state index is 0.824. The Morgan fingerprint density at radius 1 is 1.12 bits per heavy atom. The normalized spacial score (nSPS) is 10.7. The molecule has 5 nitrogen and oxygen atoms in total. The third kappa shape index (κ3) is 3.32. The zero-order valence-electron chi connectivity index (χ0n) is 14.5. The van der Waals surface area contributed by atoms with Gasteiger partial charge in [0, 0.05) is 36.0 Å². The fourth-order valence-corrected chi connectivity index (χ4v) is 3.49. The number of thiazole rings is 1. The molecule has 130 valence electrons. The zero-order chi connectivity index (χ0) is 17.9. The minimum Gasteiger partial charge on any atom is -0.497 e. The van der Waals surface area contributed by atoms with Gasteiger partial charge in [-0.25, -0.2) is 9.97 Å². The molecule has 0 aliphatic heterocycles. The number of nitrogens with one attached hydrogen (secondary N) is 1. The van der Waals surface area contributed by atoms with Crippen molar-refractivity contribution < 1.29 is 4.74 Å². The van der Waals surface area contributed by atoms with E-state index >= 15 is 0 Å². The van der Waals surface area contributed by atoms with Crippen molar-refractivity contribution in [2.75, 3.05) is 12.4 Å². The number of nitrogens with zero attached hydrogens (tertiary/aromatic N) is 3. The van der Waals surface area contributed by atoms with Gasteiger partial charge < -0.3 is 14.6 Å². The first-order chi connectivity index (χ1) is 12.7. The van der Waals surface area contributed by atoms with Gasteiger partial charge in [0.2, 0.25) is 0 Å². The standard InChI is InChI=1S/C20H18N4OS/c1-14-3-8-17(25-2)11-18(14)23-20-22-12-19(26-20)15-4-6-16(7-5-15)24-10-9-21-13-24/h3-13H,1-2H3,(H,22,23). The summed E-state index contributed by atoms with van der Waals surface area (Å²) in [4.78, 5) is 9.70. The quantitative estimate of drug-likeness (QED) is 0.539. The molecule has 1 N–H and O–H groups in total. The maximum Gasteiger partial charge on any atom is 0.187 e. The summed E-state index contributed by atoms with van der Waals surface area (Å²) in [5, 5.41) is 4.24. The fourth-order valence-electron chi connectivity index (χ4n) is 2.65. The lowest BCUT2D eigenvalue weighted by atomic mass is 10.2. The number of anilines is 2. The van der Waals surface area contributed by atoms with Crippen LogP contribution >= 0.6 is 11.3 Å². The molecule has 2 aromatic heterocycles. The van der Waals surface area contributed by atoms with Crippen LogP contribution in [-0.4, -0.2) is 21.6 Å². The summed E-state index contributed by atoms with van der Waals surface area (Å²) in [7, 11) is 1.67. The number of rotatable bonds is 5. The summed E-state index contributed by atoms with van der Waals surface area (Å²) >= 11 is 1.62. The summed E-state index contributed by atoms with van der Waals surface area (Å²) in [6.45, 7) is 2.06. The van der Waals surface area contributed by atoms with Crippen molar-refractivity contribution in [3.8, 4) is 21.9 Å². The molecule has 0 amide bonds. The zero-order valence-corrected chi connectivity index (χ0v) is 15.3. The minimum absolute atomic E-state index is 0.824. The highest BCUT2D eigenvalue weighted by atomic mass is 32.1. The molecule has 0 unspecified atom stereocenters. The lowest BCUT2D eigenvalue weighted by molar-refractivity contribution is 0.415. The molecule has 0 saturated heterocycles. The molecule has 0 atom stereocenters. The Balaban J connectivity index is 1.55. The van der Waals surface area contributed by atoms with Gasteiger partial charge in [-0.15, -0.1) is 0 Å². The van der Waals surface area contributed by atoms with Gasteiger partial charge in [-0.2, -0.15) is 0 Å². The molecule has 2 aromatic carbocycles. The van der Waals surface area contributed by atoms with Crippen LogP contribution in [-0.2, 0) is 0 Å². The van der Waals surface area contributed by atoms with Gasteiger partial charge in [-0.05, 0) is 36.2 Å². The highest BCUT2D eigenvalue weighted by molar-refractivity contribution is 7.18. The van der Waals surface area contributed by atoms with Crippen molar-refractivity contribution in [1.29, 1.82) is 0 Å². The molecule has 4 rings (SSSR count). The second kappa shape index (κ2) is 7.01. The molecular weight excluding hydrogens is 344 g/mol. The van der Waals surface area contributed by atoms with Crippen molar-refractivity contribution in [1.82, 2.24) is 14.5 Å². The Morgan fingerprint density at radius 3 is 2.69 bits per heavy atom. The van der Waals surface area contributed by atoms with Crippen LogP contribution in [0.15, 0.2) is 67.4 Å². The van der Waals surface area contributed by atoms with Crippen LogP contribution in [0.1, 0.15) is 5.56 Å². The Morgan fingerprint density at radius 2 is 1.96 bits per heavy atom. The second-order valence-electron chi connectivity index (χ2n) is 5.85. The van der Waals surface area contributed by atoms with E-state index in [2.05, 4.69) is 46.5 Å². The Kier molecular flexibility index (Phi) is 4.41. The maximum atomic E-state index is 5.30. The molecule has 0 aliphatic rings. The topological polar surface area (TPSA) is 52.0 Å². The van der Waals surface area contributed by atoms with E-state index in [0.29, 0.717) is 0 Å². The number of hydrogen-bond donors (Lipinski definition) is 1. The third-order valence-electron chi connectivity index (χ3n) is 4.15. The van der Waals surface area contributed by atoms with Crippen molar-refractivity contribution in [3.05, 3.63) is 72.9 Å². The summed E-state index contributed by atoms with van der Waals surface area (Å²) < 4.78 is 7.28. The van der Waals surface area contributed by atoms with Crippen molar-refractivity contribution >= 4 is 22.2 Å². The van der Waals surface area contributed by atoms with E-state index < -0.39 is 0 Å². The summed E-state index contributed by atoms with van der Waals surface area (Å²) in [6, 6.07) is 14.3. The van der Waals surface area contributed by atoms with Gasteiger partial charge in [0.05, 0.1) is 18.3 Å². The second-order valence-corrected chi connectivity index (χ2v) is 6.88. The number of benzene rings is 2. The fraction of sp³-hybridized carbons (Fsp3) is 0.100. The monoisotopic (exact) mass is 362 g/mol. The van der Waals surface area contributed by atoms with Crippen LogP contribution in [0.4, 0.5) is 10.8 Å². The predicted octanol–water partition coefficient (Wildman–Crippen LogP) is 5.06. The number of ether oxygens (including phenoxy) is 1. The van der Waals surface area contributed by atoms with Crippen LogP contribution in [0, 0.1) is 6.92 Å². The summed E-state index contributed by atoms with van der Waals surface area (Å²) in [5.41, 5.74) is 4.37. The third-order valence-corrected chi connectivity index (χ3v) is 5.11. The van der Waals surface area contributed by atoms with E-state index in [-0.39, 0.29) is 0 Å². The summed E-state index contributed by atoms with van der Waals surface area (Å²) in [5.74, 6) is 0.824. The van der Waals surface area contributed by atoms with E-state index in [1.165, 1.54) is 0 Å². The van der Waals surface area contributed by atoms with Gasteiger partial charge in [0.15, 0.2) is 5.13 Å². The number of methoxy groups -OCH3 is 1. The van der Waals surface area contributed by atoms with Gasteiger partial charge >= 0.3 is 0 Å². The molecule has 0 fully saturated rings. The number of imidazole rings is 1. The lowest BCUT2D eigenvalue weighted by Crippen LogP contribution is -1.93. The van der Waals surface area contributed by atoms with Crippen molar-refractivity contribution in [2.45, 2.75) is 6.92 Å². The van der Waals surface area contributed by atoms with E-state index in [4.69, 9.17) is 4.74 Å². The highest BCUT2D eigenvalue weighted by Crippen LogP contribution is 2.32. The molecule has 6 heteroatoms. The first-order valence-corrected chi connectivity index (χ1v) is 9.01. The first kappa shape index (κ1) is 16.4. The van der Waals surface area contributed by atoms with E-state index in [1.807, 2.05) is 35.2 Å². The molecule has 0 saturated carbocycles. The molecule has 4 aromatic rings. The van der Waals surface area contributed by atoms with Crippen LogP contribution in [0.25, 0.3) is 16.1 Å². The first-order valence-electron chi connectivity index (χ1n) is 8.19.